The number of carbonyl (C=O) groups excluding carboxylic acids is 2. The van der Waals surface area contributed by atoms with Gasteiger partial charge in [-0.1, -0.05) is 0 Å². The summed E-state index contributed by atoms with van der Waals surface area (Å²) in [5, 5.41) is 18.8. The third-order valence-electron chi connectivity index (χ3n) is 5.32. The molecule has 0 spiro atoms. The molecule has 6 unspecified atom stereocenters. The first-order chi connectivity index (χ1) is 9.91. The van der Waals surface area contributed by atoms with Crippen LogP contribution in [0, 0.1) is 35.5 Å². The van der Waals surface area contributed by atoms with Crippen molar-refractivity contribution in [1.29, 1.82) is 0 Å². The predicted octanol–water partition coefficient (Wildman–Crippen LogP) is 0.524. The summed E-state index contributed by atoms with van der Waals surface area (Å²) in [6, 6.07) is 0. The molecule has 114 valence electrons. The lowest BCUT2D eigenvalue weighted by Crippen LogP contribution is -2.50. The van der Waals surface area contributed by atoms with Gasteiger partial charge in [0.1, 0.15) is 0 Å². The van der Waals surface area contributed by atoms with E-state index in [0.717, 1.165) is 0 Å². The molecule has 4 fully saturated rings. The second-order valence-corrected chi connectivity index (χ2v) is 6.15. The van der Waals surface area contributed by atoms with Crippen LogP contribution in [0.2, 0.25) is 0 Å². The fourth-order valence-corrected chi connectivity index (χ4v) is 4.50. The number of hydrogen-bond donors (Lipinski definition) is 2. The molecule has 0 amide bonds. The molecule has 7 nitrogen and oxygen atoms in total. The minimum absolute atomic E-state index is 0.220. The van der Waals surface area contributed by atoms with Gasteiger partial charge in [0.25, 0.3) is 0 Å². The summed E-state index contributed by atoms with van der Waals surface area (Å²) in [6.45, 7) is 0. The van der Waals surface area contributed by atoms with E-state index in [1.807, 2.05) is 0 Å². The predicted molar refractivity (Wildman–Crippen MR) is 65.8 cm³/mol. The quantitative estimate of drug-likeness (QED) is 0.563. The van der Waals surface area contributed by atoms with Crippen molar-refractivity contribution < 1.29 is 34.1 Å². The topological polar surface area (TPSA) is 118 Å². The highest BCUT2D eigenvalue weighted by Crippen LogP contribution is 2.54. The summed E-state index contributed by atoms with van der Waals surface area (Å²) in [5.41, 5.74) is 0. The first kappa shape index (κ1) is 14.0. The van der Waals surface area contributed by atoms with Gasteiger partial charge < -0.3 is 14.9 Å². The van der Waals surface area contributed by atoms with Crippen LogP contribution in [-0.2, 0) is 23.9 Å². The molecule has 7 heteroatoms. The summed E-state index contributed by atoms with van der Waals surface area (Å²) in [7, 11) is 0. The first-order valence-electron chi connectivity index (χ1n) is 7.13. The van der Waals surface area contributed by atoms with Crippen molar-refractivity contribution in [1.82, 2.24) is 0 Å². The van der Waals surface area contributed by atoms with Gasteiger partial charge in [-0.15, -0.1) is 0 Å². The number of aliphatic carboxylic acids is 2. The highest BCUT2D eigenvalue weighted by atomic mass is 16.6. The van der Waals surface area contributed by atoms with Crippen LogP contribution in [0.1, 0.15) is 25.7 Å². The van der Waals surface area contributed by atoms with Gasteiger partial charge in [-0.25, -0.2) is 0 Å². The summed E-state index contributed by atoms with van der Waals surface area (Å²) >= 11 is 0. The fraction of sp³-hybridized carbons (Fsp3) is 0.714. The largest absolute Gasteiger partial charge is 0.481 e. The van der Waals surface area contributed by atoms with Crippen LogP contribution in [-0.4, -0.2) is 34.1 Å². The molecule has 2 N–H and O–H groups in total. The van der Waals surface area contributed by atoms with E-state index in [9.17, 15) is 29.4 Å². The third-order valence-corrected chi connectivity index (χ3v) is 5.32. The zero-order chi connectivity index (χ0) is 15.3. The summed E-state index contributed by atoms with van der Waals surface area (Å²) in [5.74, 6) is -7.58. The van der Waals surface area contributed by atoms with E-state index in [1.165, 1.54) is 0 Å². The molecule has 2 heterocycles. The highest BCUT2D eigenvalue weighted by molar-refractivity contribution is 5.91. The molecule has 2 saturated heterocycles. The number of hydrogen-bond acceptors (Lipinski definition) is 5. The van der Waals surface area contributed by atoms with Gasteiger partial charge in [0.2, 0.25) is 0 Å². The van der Waals surface area contributed by atoms with E-state index in [-0.39, 0.29) is 12.8 Å². The van der Waals surface area contributed by atoms with E-state index < -0.39 is 59.4 Å². The van der Waals surface area contributed by atoms with Crippen molar-refractivity contribution in [2.45, 2.75) is 25.7 Å². The molecule has 21 heavy (non-hydrogen) atoms. The second-order valence-electron chi connectivity index (χ2n) is 6.15. The van der Waals surface area contributed by atoms with E-state index >= 15 is 0 Å². The molecule has 2 aliphatic carbocycles. The van der Waals surface area contributed by atoms with Gasteiger partial charge in [-0.2, -0.15) is 0 Å². The Hall–Kier alpha value is -1.92. The van der Waals surface area contributed by atoms with Gasteiger partial charge >= 0.3 is 23.9 Å². The number of ether oxygens (including phenoxy) is 1. The number of carbonyl (C=O) groups is 4. The summed E-state index contributed by atoms with van der Waals surface area (Å²) < 4.78 is 4.78. The fourth-order valence-electron chi connectivity index (χ4n) is 4.50. The Morgan fingerprint density at radius 1 is 0.810 bits per heavy atom. The number of carboxylic acids is 2. The van der Waals surface area contributed by atoms with E-state index in [1.54, 1.807) is 0 Å². The average Bonchev–Trinajstić information content (AvgIpc) is 2.62. The van der Waals surface area contributed by atoms with Crippen molar-refractivity contribution in [3.05, 3.63) is 0 Å². The van der Waals surface area contributed by atoms with Crippen LogP contribution in [0.25, 0.3) is 0 Å². The minimum Gasteiger partial charge on any atom is -0.481 e. The van der Waals surface area contributed by atoms with Crippen molar-refractivity contribution in [3.63, 3.8) is 0 Å². The van der Waals surface area contributed by atoms with Crippen LogP contribution in [0.4, 0.5) is 0 Å². The van der Waals surface area contributed by atoms with Gasteiger partial charge in [-0.3, -0.25) is 19.2 Å². The monoisotopic (exact) mass is 296 g/mol. The van der Waals surface area contributed by atoms with Crippen LogP contribution in [0.3, 0.4) is 0 Å². The Kier molecular flexibility index (Phi) is 3.22. The molecule has 6 atom stereocenters. The maximum Gasteiger partial charge on any atom is 0.316 e. The lowest BCUT2D eigenvalue weighted by atomic mass is 9.54. The van der Waals surface area contributed by atoms with Crippen LogP contribution in [0.15, 0.2) is 0 Å². The standard InChI is InChI=1S/C14H16O7/c15-11(16)5-1-2-6(12(17)18)10-8-4-3-7(9(5)10)13(19)21-14(8)20/h5-10H,1-4H2,(H,15,16)(H,17,18). The number of rotatable bonds is 2. The molecule has 2 aliphatic heterocycles. The van der Waals surface area contributed by atoms with Gasteiger partial charge in [0.05, 0.1) is 23.7 Å². The van der Waals surface area contributed by atoms with Crippen molar-refractivity contribution >= 4 is 23.9 Å². The Bertz CT molecular complexity index is 479. The molecule has 2 bridgehead atoms. The minimum atomic E-state index is -1.03. The van der Waals surface area contributed by atoms with E-state index in [4.69, 9.17) is 4.74 Å². The molecule has 4 rings (SSSR count). The molecule has 2 saturated carbocycles. The Morgan fingerprint density at radius 2 is 1.19 bits per heavy atom. The molecule has 0 aromatic carbocycles. The van der Waals surface area contributed by atoms with E-state index in [0.29, 0.717) is 12.8 Å². The lowest BCUT2D eigenvalue weighted by Gasteiger charge is -2.46. The molecule has 4 aliphatic rings. The molecule has 0 radical (unpaired) electrons. The first-order valence-corrected chi connectivity index (χ1v) is 7.13. The smallest absolute Gasteiger partial charge is 0.316 e. The Labute approximate surface area is 120 Å². The normalized spacial score (nSPS) is 41.9. The zero-order valence-electron chi connectivity index (χ0n) is 11.2. The van der Waals surface area contributed by atoms with Gasteiger partial charge in [-0.05, 0) is 37.5 Å². The highest BCUT2D eigenvalue weighted by Gasteiger charge is 2.59. The van der Waals surface area contributed by atoms with Crippen molar-refractivity contribution in [2.75, 3.05) is 0 Å². The molecular weight excluding hydrogens is 280 g/mol. The van der Waals surface area contributed by atoms with Gasteiger partial charge in [0, 0.05) is 0 Å². The Balaban J connectivity index is 2.08. The second kappa shape index (κ2) is 4.82. The number of esters is 2. The number of carboxylic acid groups (broad SMARTS) is 2. The SMILES string of the molecule is O=C(O)C1CCC(C(=O)O)C2C3CCC(C(=O)OC3=O)C12. The zero-order valence-corrected chi connectivity index (χ0v) is 11.2. The summed E-state index contributed by atoms with van der Waals surface area (Å²) in [4.78, 5) is 47.0. The van der Waals surface area contributed by atoms with Crippen LogP contribution >= 0.6 is 0 Å². The Morgan fingerprint density at radius 3 is 1.52 bits per heavy atom. The van der Waals surface area contributed by atoms with Crippen molar-refractivity contribution in [3.8, 4) is 0 Å². The molecular formula is C14H16O7. The molecule has 0 aromatic rings. The maximum absolute atomic E-state index is 12.0. The number of fused-ring (bicyclic) bond motifs is 3. The summed E-state index contributed by atoms with van der Waals surface area (Å²) in [6.07, 6.45) is 1.23. The van der Waals surface area contributed by atoms with Crippen LogP contribution in [0.5, 0.6) is 0 Å². The van der Waals surface area contributed by atoms with Gasteiger partial charge in [0.15, 0.2) is 0 Å². The average molecular weight is 296 g/mol. The van der Waals surface area contributed by atoms with Crippen molar-refractivity contribution in [2.24, 2.45) is 35.5 Å². The maximum atomic E-state index is 12.0. The van der Waals surface area contributed by atoms with Crippen LogP contribution < -0.4 is 0 Å². The van der Waals surface area contributed by atoms with E-state index in [2.05, 4.69) is 0 Å². The third kappa shape index (κ3) is 2.02. The lowest BCUT2D eigenvalue weighted by molar-refractivity contribution is -0.163. The molecule has 0 aromatic heterocycles.